The molecule has 5 heteroatoms. The van der Waals surface area contributed by atoms with E-state index in [0.29, 0.717) is 0 Å². The smallest absolute Gasteiger partial charge is 0.0715 e. The molecule has 1 aromatic carbocycles. The molecule has 0 atom stereocenters. The first-order chi connectivity index (χ1) is 5.61. The summed E-state index contributed by atoms with van der Waals surface area (Å²) < 4.78 is 0. The second kappa shape index (κ2) is 4.81. The summed E-state index contributed by atoms with van der Waals surface area (Å²) in [5.41, 5.74) is -0.339. The van der Waals surface area contributed by atoms with Gasteiger partial charge < -0.3 is 19.8 Å². The van der Waals surface area contributed by atoms with Crippen LogP contribution in [0.1, 0.15) is 20.7 Å². The van der Waals surface area contributed by atoms with Crippen molar-refractivity contribution < 1.29 is 42.2 Å². The van der Waals surface area contributed by atoms with Gasteiger partial charge in [-0.2, -0.15) is 0 Å². The van der Waals surface area contributed by atoms with E-state index in [1.54, 1.807) is 0 Å². The van der Waals surface area contributed by atoms with Crippen molar-refractivity contribution in [2.45, 2.75) is 0 Å². The molecular formula is C8H4AgO4-2. The van der Waals surface area contributed by atoms with Crippen molar-refractivity contribution in [3.63, 3.8) is 0 Å². The average Bonchev–Trinajstić information content (AvgIpc) is 2.04. The van der Waals surface area contributed by atoms with Crippen molar-refractivity contribution in [3.05, 3.63) is 35.4 Å². The molecule has 0 aliphatic carbocycles. The van der Waals surface area contributed by atoms with Crippen molar-refractivity contribution in [2.24, 2.45) is 0 Å². The monoisotopic (exact) mass is 271 g/mol. The Balaban J connectivity index is 0.00000144. The predicted octanol–water partition coefficient (Wildman–Crippen LogP) is -1.59. The minimum Gasteiger partial charge on any atom is -0.545 e. The molecule has 1 rings (SSSR count). The molecule has 0 N–H and O–H groups in total. The van der Waals surface area contributed by atoms with Gasteiger partial charge in [-0.05, 0) is 17.2 Å². The van der Waals surface area contributed by atoms with Crippen LogP contribution in [0, 0.1) is 0 Å². The summed E-state index contributed by atoms with van der Waals surface area (Å²) >= 11 is 0. The van der Waals surface area contributed by atoms with Crippen LogP contribution in [0.15, 0.2) is 24.3 Å². The van der Waals surface area contributed by atoms with Crippen LogP contribution in [-0.4, -0.2) is 11.9 Å². The van der Waals surface area contributed by atoms with E-state index in [1.807, 2.05) is 0 Å². The predicted molar refractivity (Wildman–Crippen MR) is 35.1 cm³/mol. The van der Waals surface area contributed by atoms with Gasteiger partial charge in [-0.25, -0.2) is 0 Å². The normalized spacial score (nSPS) is 8.62. The van der Waals surface area contributed by atoms with Gasteiger partial charge in [-0.1, -0.05) is 18.2 Å². The van der Waals surface area contributed by atoms with Crippen LogP contribution in [0.3, 0.4) is 0 Å². The number of carbonyl (C=O) groups is 2. The fraction of sp³-hybridized carbons (Fsp3) is 0. The maximum Gasteiger partial charge on any atom is 0.0715 e. The van der Waals surface area contributed by atoms with Gasteiger partial charge in [0, 0.05) is 22.4 Å². The molecule has 0 aromatic heterocycles. The molecular weight excluding hydrogens is 268 g/mol. The third kappa shape index (κ3) is 3.02. The zero-order valence-corrected chi connectivity index (χ0v) is 7.73. The molecule has 1 aromatic rings. The maximum atomic E-state index is 10.3. The first-order valence-electron chi connectivity index (χ1n) is 3.14. The zero-order valence-electron chi connectivity index (χ0n) is 6.24. The first-order valence-corrected chi connectivity index (χ1v) is 3.14. The largest absolute Gasteiger partial charge is 0.545 e. The van der Waals surface area contributed by atoms with Crippen LogP contribution in [0.2, 0.25) is 0 Å². The number of hydrogen-bond donors (Lipinski definition) is 0. The molecule has 1 radical (unpaired) electrons. The minimum atomic E-state index is -1.40. The Kier molecular flexibility index (Phi) is 4.41. The molecule has 0 bridgehead atoms. The summed E-state index contributed by atoms with van der Waals surface area (Å²) in [6, 6.07) is 4.81. The van der Waals surface area contributed by atoms with Gasteiger partial charge >= 0.3 is 0 Å². The Hall–Kier alpha value is -1.10. The number of rotatable bonds is 2. The van der Waals surface area contributed by atoms with Crippen molar-refractivity contribution in [2.75, 3.05) is 0 Å². The number of hydrogen-bond acceptors (Lipinski definition) is 4. The third-order valence-corrected chi connectivity index (χ3v) is 1.33. The van der Waals surface area contributed by atoms with Crippen LogP contribution in [-0.2, 0) is 22.4 Å². The molecule has 0 fully saturated rings. The first kappa shape index (κ1) is 11.9. The third-order valence-electron chi connectivity index (χ3n) is 1.33. The van der Waals surface area contributed by atoms with Crippen LogP contribution >= 0.6 is 0 Å². The van der Waals surface area contributed by atoms with Crippen LogP contribution in [0.5, 0.6) is 0 Å². The Morgan fingerprint density at radius 2 is 1.38 bits per heavy atom. The molecule has 0 heterocycles. The zero-order chi connectivity index (χ0) is 9.14. The standard InChI is InChI=1S/C8H6O4.Ag/c9-7(10)5-2-1-3-6(4-5)8(11)12;/h1-4H,(H,9,10)(H,11,12);/p-2. The summed E-state index contributed by atoms with van der Waals surface area (Å²) in [6.45, 7) is 0. The van der Waals surface area contributed by atoms with Gasteiger partial charge in [-0.15, -0.1) is 0 Å². The Labute approximate surface area is 89.7 Å². The molecule has 73 valence electrons. The molecule has 13 heavy (non-hydrogen) atoms. The quantitative estimate of drug-likeness (QED) is 0.608. The molecule has 0 amide bonds. The number of carboxylic acid groups (broad SMARTS) is 2. The van der Waals surface area contributed by atoms with E-state index in [0.717, 1.165) is 6.07 Å². The van der Waals surface area contributed by atoms with Crippen LogP contribution in [0.25, 0.3) is 0 Å². The van der Waals surface area contributed by atoms with Crippen molar-refractivity contribution in [3.8, 4) is 0 Å². The van der Waals surface area contributed by atoms with Gasteiger partial charge in [0.1, 0.15) is 0 Å². The number of carbonyl (C=O) groups excluding carboxylic acids is 2. The van der Waals surface area contributed by atoms with Crippen molar-refractivity contribution in [1.29, 1.82) is 0 Å². The van der Waals surface area contributed by atoms with E-state index in [1.165, 1.54) is 18.2 Å². The summed E-state index contributed by atoms with van der Waals surface area (Å²) in [5, 5.41) is 20.5. The average molecular weight is 272 g/mol. The van der Waals surface area contributed by atoms with Crippen molar-refractivity contribution in [1.82, 2.24) is 0 Å². The van der Waals surface area contributed by atoms with E-state index >= 15 is 0 Å². The topological polar surface area (TPSA) is 80.3 Å². The summed E-state index contributed by atoms with van der Waals surface area (Å²) in [5.74, 6) is -2.81. The van der Waals surface area contributed by atoms with Gasteiger partial charge in [0.2, 0.25) is 0 Å². The number of carboxylic acids is 2. The Morgan fingerprint density at radius 1 is 1.00 bits per heavy atom. The number of aromatic carboxylic acids is 2. The van der Waals surface area contributed by atoms with E-state index in [-0.39, 0.29) is 33.5 Å². The molecule has 0 aliphatic rings. The summed E-state index contributed by atoms with van der Waals surface area (Å²) in [7, 11) is 0. The van der Waals surface area contributed by atoms with E-state index < -0.39 is 11.9 Å². The van der Waals surface area contributed by atoms with Gasteiger partial charge in [0.15, 0.2) is 0 Å². The van der Waals surface area contributed by atoms with Crippen molar-refractivity contribution >= 4 is 11.9 Å². The van der Waals surface area contributed by atoms with E-state index in [4.69, 9.17) is 0 Å². The molecule has 0 saturated carbocycles. The SMILES string of the molecule is O=C([O-])c1cccc(C(=O)[O-])c1.[Ag]. The van der Waals surface area contributed by atoms with Crippen LogP contribution in [0.4, 0.5) is 0 Å². The summed E-state index contributed by atoms with van der Waals surface area (Å²) in [4.78, 5) is 20.5. The molecule has 0 aliphatic heterocycles. The molecule has 4 nitrogen and oxygen atoms in total. The van der Waals surface area contributed by atoms with E-state index in [9.17, 15) is 19.8 Å². The maximum absolute atomic E-state index is 10.3. The molecule has 0 unspecified atom stereocenters. The minimum absolute atomic E-state index is 0. The summed E-state index contributed by atoms with van der Waals surface area (Å²) in [6.07, 6.45) is 0. The molecule has 0 saturated heterocycles. The fourth-order valence-electron chi connectivity index (χ4n) is 0.773. The second-order valence-corrected chi connectivity index (χ2v) is 2.16. The van der Waals surface area contributed by atoms with Crippen LogP contribution < -0.4 is 10.2 Å². The molecule has 0 spiro atoms. The number of benzene rings is 1. The van der Waals surface area contributed by atoms with Gasteiger partial charge in [0.05, 0.1) is 11.9 Å². The fourth-order valence-corrected chi connectivity index (χ4v) is 0.773. The van der Waals surface area contributed by atoms with Gasteiger partial charge in [-0.3, -0.25) is 0 Å². The Bertz CT molecular complexity index is 305. The Morgan fingerprint density at radius 3 is 1.69 bits per heavy atom. The van der Waals surface area contributed by atoms with Gasteiger partial charge in [0.25, 0.3) is 0 Å². The van der Waals surface area contributed by atoms with E-state index in [2.05, 4.69) is 0 Å². The second-order valence-electron chi connectivity index (χ2n) is 2.16.